The zero-order chi connectivity index (χ0) is 15.6. The average molecular weight is 296 g/mol. The SMILES string of the molecule is CC1CCCC(N(C)c2ccc(C#N)c(C(F)(F)F)c2)C1. The number of benzene rings is 1. The van der Waals surface area contributed by atoms with Crippen LogP contribution in [-0.4, -0.2) is 13.1 Å². The first-order valence-corrected chi connectivity index (χ1v) is 7.17. The van der Waals surface area contributed by atoms with E-state index in [0.29, 0.717) is 11.6 Å². The molecular weight excluding hydrogens is 277 g/mol. The standard InChI is InChI=1S/C16H19F3N2/c1-11-4-3-5-13(8-11)21(2)14-7-6-12(10-20)15(9-14)16(17,18)19/h6-7,9,11,13H,3-5,8H2,1-2H3. The number of nitrogens with zero attached hydrogens (tertiary/aromatic N) is 2. The van der Waals surface area contributed by atoms with Crippen molar-refractivity contribution in [1.29, 1.82) is 5.26 Å². The molecule has 0 saturated heterocycles. The van der Waals surface area contributed by atoms with Crippen molar-refractivity contribution in [3.05, 3.63) is 29.3 Å². The van der Waals surface area contributed by atoms with Crippen LogP contribution in [0.25, 0.3) is 0 Å². The molecule has 1 aliphatic rings. The summed E-state index contributed by atoms with van der Waals surface area (Å²) in [6.45, 7) is 2.18. The second-order valence-electron chi connectivity index (χ2n) is 5.88. The lowest BCUT2D eigenvalue weighted by atomic mass is 9.86. The predicted octanol–water partition coefficient (Wildman–Crippen LogP) is 4.59. The van der Waals surface area contributed by atoms with E-state index in [4.69, 9.17) is 5.26 Å². The Labute approximate surface area is 123 Å². The van der Waals surface area contributed by atoms with Gasteiger partial charge in [-0.3, -0.25) is 0 Å². The van der Waals surface area contributed by atoms with Crippen LogP contribution in [0.4, 0.5) is 18.9 Å². The highest BCUT2D eigenvalue weighted by Gasteiger charge is 2.34. The molecule has 0 heterocycles. The molecule has 2 unspecified atom stereocenters. The van der Waals surface area contributed by atoms with Gasteiger partial charge in [0.2, 0.25) is 0 Å². The molecule has 1 saturated carbocycles. The van der Waals surface area contributed by atoms with Gasteiger partial charge >= 0.3 is 6.18 Å². The summed E-state index contributed by atoms with van der Waals surface area (Å²) in [5.41, 5.74) is -0.643. The van der Waals surface area contributed by atoms with Gasteiger partial charge in [-0.15, -0.1) is 0 Å². The number of halogens is 3. The topological polar surface area (TPSA) is 27.0 Å². The van der Waals surface area contributed by atoms with E-state index in [1.54, 1.807) is 12.1 Å². The third kappa shape index (κ3) is 3.49. The van der Waals surface area contributed by atoms with Crippen LogP contribution in [0.1, 0.15) is 43.7 Å². The van der Waals surface area contributed by atoms with Gasteiger partial charge in [0.15, 0.2) is 0 Å². The lowest BCUT2D eigenvalue weighted by Gasteiger charge is -2.36. The molecule has 0 aromatic heterocycles. The van der Waals surface area contributed by atoms with Gasteiger partial charge in [0.25, 0.3) is 0 Å². The van der Waals surface area contributed by atoms with Crippen molar-refractivity contribution < 1.29 is 13.2 Å². The van der Waals surface area contributed by atoms with Crippen molar-refractivity contribution >= 4 is 5.69 Å². The van der Waals surface area contributed by atoms with Gasteiger partial charge in [0.05, 0.1) is 17.2 Å². The lowest BCUT2D eigenvalue weighted by Crippen LogP contribution is -2.35. The first-order valence-electron chi connectivity index (χ1n) is 7.17. The van der Waals surface area contributed by atoms with Crippen molar-refractivity contribution in [3.8, 4) is 6.07 Å². The highest BCUT2D eigenvalue weighted by molar-refractivity contribution is 5.55. The third-order valence-corrected chi connectivity index (χ3v) is 4.29. The molecule has 0 bridgehead atoms. The Morgan fingerprint density at radius 2 is 2.00 bits per heavy atom. The van der Waals surface area contributed by atoms with Gasteiger partial charge in [-0.25, -0.2) is 0 Å². The van der Waals surface area contributed by atoms with Gasteiger partial charge in [0, 0.05) is 18.8 Å². The number of alkyl halides is 3. The molecule has 2 nitrogen and oxygen atoms in total. The van der Waals surface area contributed by atoms with E-state index in [1.165, 1.54) is 12.5 Å². The molecule has 21 heavy (non-hydrogen) atoms. The number of hydrogen-bond donors (Lipinski definition) is 0. The van der Waals surface area contributed by atoms with E-state index in [0.717, 1.165) is 25.3 Å². The molecule has 1 aromatic rings. The molecule has 0 amide bonds. The highest BCUT2D eigenvalue weighted by atomic mass is 19.4. The Bertz CT molecular complexity index is 545. The highest BCUT2D eigenvalue weighted by Crippen LogP contribution is 2.36. The van der Waals surface area contributed by atoms with Crippen LogP contribution in [0.2, 0.25) is 0 Å². The van der Waals surface area contributed by atoms with Crippen LogP contribution in [0.15, 0.2) is 18.2 Å². The maximum atomic E-state index is 13.0. The number of nitriles is 1. The van der Waals surface area contributed by atoms with Crippen molar-refractivity contribution in [1.82, 2.24) is 0 Å². The molecule has 0 N–H and O–H groups in total. The van der Waals surface area contributed by atoms with Gasteiger partial charge in [-0.05, 0) is 37.0 Å². The molecule has 0 aliphatic heterocycles. The summed E-state index contributed by atoms with van der Waals surface area (Å²) in [5, 5.41) is 8.83. The smallest absolute Gasteiger partial charge is 0.372 e. The molecule has 2 atom stereocenters. The van der Waals surface area contributed by atoms with Crippen molar-refractivity contribution in [2.24, 2.45) is 5.92 Å². The zero-order valence-corrected chi connectivity index (χ0v) is 12.2. The maximum Gasteiger partial charge on any atom is 0.417 e. The maximum absolute atomic E-state index is 13.0. The fourth-order valence-corrected chi connectivity index (χ4v) is 3.05. The summed E-state index contributed by atoms with van der Waals surface area (Å²) < 4.78 is 39.0. The van der Waals surface area contributed by atoms with Crippen molar-refractivity contribution in [3.63, 3.8) is 0 Å². The second-order valence-corrected chi connectivity index (χ2v) is 5.88. The summed E-state index contributed by atoms with van der Waals surface area (Å²) >= 11 is 0. The Hall–Kier alpha value is -1.70. The summed E-state index contributed by atoms with van der Waals surface area (Å²) in [6.07, 6.45) is -0.202. The fourth-order valence-electron chi connectivity index (χ4n) is 3.05. The van der Waals surface area contributed by atoms with Crippen LogP contribution >= 0.6 is 0 Å². The molecule has 114 valence electrons. The summed E-state index contributed by atoms with van der Waals surface area (Å²) in [5.74, 6) is 0.603. The van der Waals surface area contributed by atoms with E-state index in [1.807, 2.05) is 11.9 Å². The van der Waals surface area contributed by atoms with E-state index >= 15 is 0 Å². The molecule has 0 radical (unpaired) electrons. The molecule has 1 fully saturated rings. The minimum absolute atomic E-state index is 0.266. The van der Waals surface area contributed by atoms with Crippen LogP contribution in [0.5, 0.6) is 0 Å². The Morgan fingerprint density at radius 3 is 2.57 bits per heavy atom. The summed E-state index contributed by atoms with van der Waals surface area (Å²) in [6, 6.07) is 5.85. The second kappa shape index (κ2) is 5.97. The van der Waals surface area contributed by atoms with Gasteiger partial charge < -0.3 is 4.90 Å². The monoisotopic (exact) mass is 296 g/mol. The summed E-state index contributed by atoms with van der Waals surface area (Å²) in [7, 11) is 1.84. The molecule has 2 rings (SSSR count). The van der Waals surface area contributed by atoms with Gasteiger partial charge in [-0.2, -0.15) is 18.4 Å². The van der Waals surface area contributed by atoms with E-state index in [2.05, 4.69) is 6.92 Å². The first kappa shape index (κ1) is 15.7. The van der Waals surface area contributed by atoms with E-state index in [-0.39, 0.29) is 11.6 Å². The molecule has 1 aliphatic carbocycles. The molecule has 1 aromatic carbocycles. The largest absolute Gasteiger partial charge is 0.417 e. The van der Waals surface area contributed by atoms with Gasteiger partial charge in [0.1, 0.15) is 0 Å². The minimum Gasteiger partial charge on any atom is -0.372 e. The number of anilines is 1. The van der Waals surface area contributed by atoms with Crippen LogP contribution in [-0.2, 0) is 6.18 Å². The number of rotatable bonds is 2. The molecule has 0 spiro atoms. The Kier molecular flexibility index (Phi) is 4.46. The van der Waals surface area contributed by atoms with Crippen molar-refractivity contribution in [2.75, 3.05) is 11.9 Å². The van der Waals surface area contributed by atoms with Crippen LogP contribution in [0, 0.1) is 17.2 Å². The minimum atomic E-state index is -4.50. The number of hydrogen-bond acceptors (Lipinski definition) is 2. The summed E-state index contributed by atoms with van der Waals surface area (Å²) in [4.78, 5) is 1.92. The zero-order valence-electron chi connectivity index (χ0n) is 12.2. The van der Waals surface area contributed by atoms with Crippen molar-refractivity contribution in [2.45, 2.75) is 44.8 Å². The third-order valence-electron chi connectivity index (χ3n) is 4.29. The first-order chi connectivity index (χ1) is 9.82. The lowest BCUT2D eigenvalue weighted by molar-refractivity contribution is -0.137. The molecular formula is C16H19F3N2. The Morgan fingerprint density at radius 1 is 1.29 bits per heavy atom. The Balaban J connectivity index is 2.30. The van der Waals surface area contributed by atoms with Gasteiger partial charge in [-0.1, -0.05) is 19.8 Å². The fraction of sp³-hybridized carbons (Fsp3) is 0.562. The van der Waals surface area contributed by atoms with Crippen LogP contribution in [0.3, 0.4) is 0 Å². The van der Waals surface area contributed by atoms with E-state index < -0.39 is 11.7 Å². The van der Waals surface area contributed by atoms with E-state index in [9.17, 15) is 13.2 Å². The van der Waals surface area contributed by atoms with Crippen LogP contribution < -0.4 is 4.90 Å². The average Bonchev–Trinajstić information content (AvgIpc) is 2.45. The molecule has 5 heteroatoms. The normalized spacial score (nSPS) is 22.7. The quantitative estimate of drug-likeness (QED) is 0.798. The predicted molar refractivity (Wildman–Crippen MR) is 76.0 cm³/mol.